The van der Waals surface area contributed by atoms with Crippen molar-refractivity contribution in [2.75, 3.05) is 25.9 Å². The minimum atomic E-state index is -3.13. The number of hydrogen-bond acceptors (Lipinski definition) is 3. The van der Waals surface area contributed by atoms with Gasteiger partial charge in [0.15, 0.2) is 15.8 Å². The molecule has 0 fully saturated rings. The average molecular weight is 309 g/mol. The lowest BCUT2D eigenvalue weighted by Crippen LogP contribution is -2.37. The van der Waals surface area contributed by atoms with Crippen molar-refractivity contribution < 1.29 is 8.42 Å². The molecule has 0 atom stereocenters. The van der Waals surface area contributed by atoms with Crippen LogP contribution in [-0.4, -0.2) is 40.3 Å². The number of rotatable bonds is 7. The van der Waals surface area contributed by atoms with E-state index in [2.05, 4.69) is 22.2 Å². The topological polar surface area (TPSA) is 70.6 Å². The van der Waals surface area contributed by atoms with Gasteiger partial charge in [-0.1, -0.05) is 18.2 Å². The Kier molecular flexibility index (Phi) is 6.94. The van der Waals surface area contributed by atoms with Crippen LogP contribution in [0.3, 0.4) is 0 Å². The third kappa shape index (κ3) is 6.44. The Labute approximate surface area is 127 Å². The number of nitrogens with zero attached hydrogens (tertiary/aromatic N) is 1. The number of hydrogen-bond donors (Lipinski definition) is 2. The summed E-state index contributed by atoms with van der Waals surface area (Å²) in [4.78, 5) is 4.79. The molecule has 0 bridgehead atoms. The molecule has 1 aromatic rings. The second-order valence-corrected chi connectivity index (χ2v) is 6.61. The van der Waals surface area contributed by atoms with Crippen LogP contribution >= 0.6 is 0 Å². The molecule has 0 aliphatic rings. The molecule has 0 aliphatic heterocycles. The van der Waals surface area contributed by atoms with E-state index in [4.69, 9.17) is 0 Å². The molecule has 0 heterocycles. The van der Waals surface area contributed by atoms with Gasteiger partial charge in [-0.2, -0.15) is 0 Å². The first-order chi connectivity index (χ1) is 9.97. The van der Waals surface area contributed by atoms with Crippen LogP contribution in [0.5, 0.6) is 0 Å². The highest BCUT2D eigenvalue weighted by Gasteiger charge is 2.05. The van der Waals surface area contributed by atoms with Gasteiger partial charge < -0.3 is 10.6 Å². The normalized spacial score (nSPS) is 12.0. The van der Waals surface area contributed by atoms with Crippen LogP contribution in [0.15, 0.2) is 46.8 Å². The molecule has 6 heteroatoms. The number of sulfone groups is 1. The Balaban J connectivity index is 2.59. The number of benzene rings is 1. The fraction of sp³-hybridized carbons (Fsp3) is 0.400. The Bertz CT molecular complexity index is 577. The highest BCUT2D eigenvalue weighted by molar-refractivity contribution is 7.90. The lowest BCUT2D eigenvalue weighted by molar-refractivity contribution is 0.602. The molecule has 1 aromatic carbocycles. The number of guanidine groups is 1. The maximum absolute atomic E-state index is 11.4. The molecule has 0 unspecified atom stereocenters. The first kappa shape index (κ1) is 17.2. The summed E-state index contributed by atoms with van der Waals surface area (Å²) in [6.07, 6.45) is 3.74. The zero-order chi connectivity index (χ0) is 15.7. The maximum atomic E-state index is 11.4. The SMILES string of the molecule is C=CCNC(=NCCc1ccc(S(C)(=O)=O)cc1)NCC. The molecule has 0 aromatic heterocycles. The Hall–Kier alpha value is -1.82. The van der Waals surface area contributed by atoms with Gasteiger partial charge in [-0.25, -0.2) is 8.42 Å². The van der Waals surface area contributed by atoms with Crippen molar-refractivity contribution in [1.82, 2.24) is 10.6 Å². The fourth-order valence-corrected chi connectivity index (χ4v) is 2.34. The smallest absolute Gasteiger partial charge is 0.191 e. The molecule has 1 rings (SSSR count). The van der Waals surface area contributed by atoms with E-state index in [1.54, 1.807) is 18.2 Å². The van der Waals surface area contributed by atoms with Gasteiger partial charge >= 0.3 is 0 Å². The van der Waals surface area contributed by atoms with E-state index in [1.807, 2.05) is 19.1 Å². The van der Waals surface area contributed by atoms with Gasteiger partial charge in [-0.15, -0.1) is 6.58 Å². The third-order valence-corrected chi connectivity index (χ3v) is 3.91. The Morgan fingerprint density at radius 3 is 2.48 bits per heavy atom. The van der Waals surface area contributed by atoms with Gasteiger partial charge in [-0.05, 0) is 31.0 Å². The van der Waals surface area contributed by atoms with Crippen LogP contribution in [-0.2, 0) is 16.3 Å². The van der Waals surface area contributed by atoms with Gasteiger partial charge in [-0.3, -0.25) is 4.99 Å². The predicted molar refractivity (Wildman–Crippen MR) is 87.4 cm³/mol. The van der Waals surface area contributed by atoms with E-state index in [0.717, 1.165) is 24.5 Å². The summed E-state index contributed by atoms with van der Waals surface area (Å²) in [7, 11) is -3.13. The summed E-state index contributed by atoms with van der Waals surface area (Å²) in [5.74, 6) is 0.755. The molecule has 21 heavy (non-hydrogen) atoms. The van der Waals surface area contributed by atoms with Crippen molar-refractivity contribution >= 4 is 15.8 Å². The van der Waals surface area contributed by atoms with Crippen molar-refractivity contribution in [3.63, 3.8) is 0 Å². The summed E-state index contributed by atoms with van der Waals surface area (Å²) in [6, 6.07) is 6.93. The lowest BCUT2D eigenvalue weighted by Gasteiger charge is -2.09. The van der Waals surface area contributed by atoms with Gasteiger partial charge in [0.25, 0.3) is 0 Å². The lowest BCUT2D eigenvalue weighted by atomic mass is 10.1. The summed E-state index contributed by atoms with van der Waals surface area (Å²) in [5, 5.41) is 6.27. The van der Waals surface area contributed by atoms with Crippen molar-refractivity contribution in [3.8, 4) is 0 Å². The van der Waals surface area contributed by atoms with Crippen molar-refractivity contribution in [1.29, 1.82) is 0 Å². The third-order valence-electron chi connectivity index (χ3n) is 2.78. The second-order valence-electron chi connectivity index (χ2n) is 4.60. The van der Waals surface area contributed by atoms with E-state index in [9.17, 15) is 8.42 Å². The Morgan fingerprint density at radius 1 is 1.29 bits per heavy atom. The van der Waals surface area contributed by atoms with E-state index >= 15 is 0 Å². The summed E-state index contributed by atoms with van der Waals surface area (Å²) in [5.41, 5.74) is 1.06. The molecule has 0 spiro atoms. The number of nitrogens with one attached hydrogen (secondary N) is 2. The summed E-state index contributed by atoms with van der Waals surface area (Å²) in [6.45, 7) is 7.75. The zero-order valence-corrected chi connectivity index (χ0v) is 13.4. The molecule has 5 nitrogen and oxygen atoms in total. The quantitative estimate of drug-likeness (QED) is 0.453. The van der Waals surface area contributed by atoms with Gasteiger partial charge in [0, 0.05) is 25.9 Å². The summed E-state index contributed by atoms with van der Waals surface area (Å²) >= 11 is 0. The molecular formula is C15H23N3O2S. The molecular weight excluding hydrogens is 286 g/mol. The first-order valence-corrected chi connectivity index (χ1v) is 8.78. The van der Waals surface area contributed by atoms with E-state index in [0.29, 0.717) is 18.0 Å². The predicted octanol–water partition coefficient (Wildman–Crippen LogP) is 1.37. The molecule has 2 N–H and O–H groups in total. The van der Waals surface area contributed by atoms with E-state index in [-0.39, 0.29) is 0 Å². The van der Waals surface area contributed by atoms with E-state index < -0.39 is 9.84 Å². The molecule has 116 valence electrons. The highest BCUT2D eigenvalue weighted by atomic mass is 32.2. The monoisotopic (exact) mass is 309 g/mol. The average Bonchev–Trinajstić information content (AvgIpc) is 2.44. The highest BCUT2D eigenvalue weighted by Crippen LogP contribution is 2.10. The van der Waals surface area contributed by atoms with Crippen LogP contribution in [0.2, 0.25) is 0 Å². The molecule has 0 amide bonds. The van der Waals surface area contributed by atoms with Crippen LogP contribution in [0.4, 0.5) is 0 Å². The standard InChI is InChI=1S/C15H23N3O2S/c1-4-11-17-15(16-5-2)18-12-10-13-6-8-14(9-7-13)21(3,19)20/h4,6-9H,1,5,10-12H2,2-3H3,(H2,16,17,18). The van der Waals surface area contributed by atoms with Crippen molar-refractivity contribution in [2.24, 2.45) is 4.99 Å². The molecule has 0 saturated carbocycles. The fourth-order valence-electron chi connectivity index (χ4n) is 1.71. The number of aliphatic imine (C=N–C) groups is 1. The van der Waals surface area contributed by atoms with Gasteiger partial charge in [0.2, 0.25) is 0 Å². The van der Waals surface area contributed by atoms with Crippen LogP contribution in [0.1, 0.15) is 12.5 Å². The van der Waals surface area contributed by atoms with Crippen LogP contribution in [0.25, 0.3) is 0 Å². The van der Waals surface area contributed by atoms with Gasteiger partial charge in [0.05, 0.1) is 4.90 Å². The minimum absolute atomic E-state index is 0.343. The van der Waals surface area contributed by atoms with E-state index in [1.165, 1.54) is 6.26 Å². The molecule has 0 aliphatic carbocycles. The van der Waals surface area contributed by atoms with Gasteiger partial charge in [0.1, 0.15) is 0 Å². The maximum Gasteiger partial charge on any atom is 0.191 e. The van der Waals surface area contributed by atoms with Crippen LogP contribution < -0.4 is 10.6 Å². The Morgan fingerprint density at radius 2 is 1.95 bits per heavy atom. The largest absolute Gasteiger partial charge is 0.357 e. The van der Waals surface area contributed by atoms with Crippen LogP contribution in [0, 0.1) is 0 Å². The van der Waals surface area contributed by atoms with Crippen molar-refractivity contribution in [3.05, 3.63) is 42.5 Å². The molecule has 0 radical (unpaired) electrons. The summed E-state index contributed by atoms with van der Waals surface area (Å²) < 4.78 is 22.7. The molecule has 0 saturated heterocycles. The minimum Gasteiger partial charge on any atom is -0.357 e. The zero-order valence-electron chi connectivity index (χ0n) is 12.6. The second kappa shape index (κ2) is 8.46. The van der Waals surface area contributed by atoms with Crippen molar-refractivity contribution in [2.45, 2.75) is 18.2 Å². The first-order valence-electron chi connectivity index (χ1n) is 6.89.